The van der Waals surface area contributed by atoms with Gasteiger partial charge < -0.3 is 9.84 Å². The van der Waals surface area contributed by atoms with Crippen molar-refractivity contribution in [1.29, 1.82) is 0 Å². The Kier molecular flexibility index (Phi) is 3.59. The van der Waals surface area contributed by atoms with Crippen LogP contribution in [0, 0.1) is 13.8 Å². The SMILES string of the molecule is Cc1noc(C)c1Cn1cc(NC(=O)C(F)F)cn1. The zero-order chi connectivity index (χ0) is 14.0. The Labute approximate surface area is 107 Å². The van der Waals surface area contributed by atoms with E-state index in [4.69, 9.17) is 4.52 Å². The number of carbonyl (C=O) groups is 1. The lowest BCUT2D eigenvalue weighted by Gasteiger charge is -2.01. The highest BCUT2D eigenvalue weighted by Crippen LogP contribution is 2.15. The van der Waals surface area contributed by atoms with Crippen LogP contribution in [0.1, 0.15) is 17.0 Å². The summed E-state index contributed by atoms with van der Waals surface area (Å²) in [6.45, 7) is 3.97. The molecule has 0 aliphatic heterocycles. The lowest BCUT2D eigenvalue weighted by atomic mass is 10.2. The second-order valence-corrected chi connectivity index (χ2v) is 4.02. The summed E-state index contributed by atoms with van der Waals surface area (Å²) in [5, 5.41) is 9.84. The van der Waals surface area contributed by atoms with Gasteiger partial charge in [0.05, 0.1) is 24.1 Å². The molecule has 8 heteroatoms. The molecule has 2 heterocycles. The first-order chi connectivity index (χ1) is 8.97. The normalized spacial score (nSPS) is 11.0. The van der Waals surface area contributed by atoms with Crippen molar-refractivity contribution in [2.75, 3.05) is 5.32 Å². The largest absolute Gasteiger partial charge is 0.361 e. The maximum atomic E-state index is 12.1. The number of halogens is 2. The van der Waals surface area contributed by atoms with Crippen LogP contribution in [-0.4, -0.2) is 27.3 Å². The summed E-state index contributed by atoms with van der Waals surface area (Å²) < 4.78 is 30.7. The first-order valence-corrected chi connectivity index (χ1v) is 5.50. The summed E-state index contributed by atoms with van der Waals surface area (Å²) >= 11 is 0. The molecule has 0 aliphatic rings. The zero-order valence-corrected chi connectivity index (χ0v) is 10.4. The minimum Gasteiger partial charge on any atom is -0.361 e. The smallest absolute Gasteiger partial charge is 0.315 e. The number of nitrogens with one attached hydrogen (secondary N) is 1. The molecular weight excluding hydrogens is 258 g/mol. The lowest BCUT2D eigenvalue weighted by molar-refractivity contribution is -0.126. The molecule has 0 fully saturated rings. The van der Waals surface area contributed by atoms with Crippen LogP contribution in [0.5, 0.6) is 0 Å². The predicted octanol–water partition coefficient (Wildman–Crippen LogP) is 1.74. The molecule has 0 bridgehead atoms. The molecule has 0 aliphatic carbocycles. The van der Waals surface area contributed by atoms with Crippen molar-refractivity contribution in [3.05, 3.63) is 29.4 Å². The van der Waals surface area contributed by atoms with E-state index in [1.807, 2.05) is 0 Å². The zero-order valence-electron chi connectivity index (χ0n) is 10.4. The molecule has 2 rings (SSSR count). The summed E-state index contributed by atoms with van der Waals surface area (Å²) in [6, 6.07) is 0. The fraction of sp³-hybridized carbons (Fsp3) is 0.364. The predicted molar refractivity (Wildman–Crippen MR) is 61.9 cm³/mol. The molecular formula is C11H12F2N4O2. The molecule has 0 radical (unpaired) electrons. The summed E-state index contributed by atoms with van der Waals surface area (Å²) in [7, 11) is 0. The molecule has 19 heavy (non-hydrogen) atoms. The lowest BCUT2D eigenvalue weighted by Crippen LogP contribution is -2.19. The van der Waals surface area contributed by atoms with E-state index in [2.05, 4.69) is 15.6 Å². The summed E-state index contributed by atoms with van der Waals surface area (Å²) in [4.78, 5) is 10.8. The average molecular weight is 270 g/mol. The van der Waals surface area contributed by atoms with Gasteiger partial charge in [-0.05, 0) is 13.8 Å². The number of aryl methyl sites for hydroxylation is 2. The molecule has 6 nitrogen and oxygen atoms in total. The number of alkyl halides is 2. The van der Waals surface area contributed by atoms with E-state index in [9.17, 15) is 13.6 Å². The molecule has 0 saturated heterocycles. The molecule has 0 aromatic carbocycles. The van der Waals surface area contributed by atoms with E-state index < -0.39 is 12.3 Å². The first-order valence-electron chi connectivity index (χ1n) is 5.50. The highest BCUT2D eigenvalue weighted by molar-refractivity contribution is 5.92. The van der Waals surface area contributed by atoms with Crippen molar-refractivity contribution in [3.8, 4) is 0 Å². The van der Waals surface area contributed by atoms with E-state index in [0.29, 0.717) is 12.3 Å². The Hall–Kier alpha value is -2.25. The third-order valence-electron chi connectivity index (χ3n) is 2.60. The first kappa shape index (κ1) is 13.2. The van der Waals surface area contributed by atoms with Crippen LogP contribution in [-0.2, 0) is 11.3 Å². The van der Waals surface area contributed by atoms with Gasteiger partial charge in [-0.2, -0.15) is 13.9 Å². The molecule has 2 aromatic rings. The van der Waals surface area contributed by atoms with Crippen LogP contribution in [0.4, 0.5) is 14.5 Å². The number of carbonyl (C=O) groups excluding carboxylic acids is 1. The molecule has 0 saturated carbocycles. The fourth-order valence-corrected chi connectivity index (χ4v) is 1.60. The molecule has 0 unspecified atom stereocenters. The molecule has 0 atom stereocenters. The molecule has 1 N–H and O–H groups in total. The molecule has 0 spiro atoms. The summed E-state index contributed by atoms with van der Waals surface area (Å²) in [5.74, 6) is -0.678. The number of amides is 1. The van der Waals surface area contributed by atoms with Crippen LogP contribution in [0.2, 0.25) is 0 Å². The second kappa shape index (κ2) is 5.17. The quantitative estimate of drug-likeness (QED) is 0.918. The van der Waals surface area contributed by atoms with Crippen molar-refractivity contribution in [2.24, 2.45) is 0 Å². The van der Waals surface area contributed by atoms with Gasteiger partial charge in [0.1, 0.15) is 5.76 Å². The van der Waals surface area contributed by atoms with E-state index in [1.165, 1.54) is 17.1 Å². The van der Waals surface area contributed by atoms with Gasteiger partial charge in [0, 0.05) is 11.8 Å². The Balaban J connectivity index is 2.08. The third-order valence-corrected chi connectivity index (χ3v) is 2.60. The maximum absolute atomic E-state index is 12.1. The number of nitrogens with zero attached hydrogens (tertiary/aromatic N) is 3. The Morgan fingerprint density at radius 2 is 2.26 bits per heavy atom. The number of hydrogen-bond acceptors (Lipinski definition) is 4. The van der Waals surface area contributed by atoms with E-state index >= 15 is 0 Å². The topological polar surface area (TPSA) is 73.0 Å². The highest BCUT2D eigenvalue weighted by atomic mass is 19.3. The Morgan fingerprint density at radius 1 is 1.53 bits per heavy atom. The second-order valence-electron chi connectivity index (χ2n) is 4.02. The summed E-state index contributed by atoms with van der Waals surface area (Å²) in [6.07, 6.45) is -0.282. The van der Waals surface area contributed by atoms with Gasteiger partial charge in [0.15, 0.2) is 0 Å². The Morgan fingerprint density at radius 3 is 2.84 bits per heavy atom. The number of anilines is 1. The molecule has 2 aromatic heterocycles. The minimum atomic E-state index is -3.05. The number of rotatable bonds is 4. The van der Waals surface area contributed by atoms with E-state index in [1.54, 1.807) is 13.8 Å². The van der Waals surface area contributed by atoms with E-state index in [-0.39, 0.29) is 5.69 Å². The van der Waals surface area contributed by atoms with Crippen LogP contribution >= 0.6 is 0 Å². The van der Waals surface area contributed by atoms with Gasteiger partial charge in [0.2, 0.25) is 0 Å². The van der Waals surface area contributed by atoms with Gasteiger partial charge in [-0.3, -0.25) is 9.48 Å². The van der Waals surface area contributed by atoms with Crippen LogP contribution in [0.25, 0.3) is 0 Å². The fourth-order valence-electron chi connectivity index (χ4n) is 1.60. The van der Waals surface area contributed by atoms with Gasteiger partial charge in [-0.25, -0.2) is 0 Å². The van der Waals surface area contributed by atoms with Crippen molar-refractivity contribution in [1.82, 2.24) is 14.9 Å². The average Bonchev–Trinajstić information content (AvgIpc) is 2.91. The van der Waals surface area contributed by atoms with Crippen LogP contribution in [0.15, 0.2) is 16.9 Å². The standard InChI is InChI=1S/C11H12F2N4O2/c1-6-9(7(2)19-16-6)5-17-4-8(3-14-17)15-11(18)10(12)13/h3-4,10H,5H2,1-2H3,(H,15,18). The van der Waals surface area contributed by atoms with E-state index in [0.717, 1.165) is 11.3 Å². The Bertz CT molecular complexity index is 572. The van der Waals surface area contributed by atoms with Gasteiger partial charge >= 0.3 is 6.43 Å². The maximum Gasteiger partial charge on any atom is 0.315 e. The van der Waals surface area contributed by atoms with Crippen LogP contribution in [0.3, 0.4) is 0 Å². The van der Waals surface area contributed by atoms with Crippen molar-refractivity contribution < 1.29 is 18.1 Å². The van der Waals surface area contributed by atoms with Gasteiger partial charge in [0.25, 0.3) is 5.91 Å². The molecule has 1 amide bonds. The van der Waals surface area contributed by atoms with Crippen molar-refractivity contribution in [2.45, 2.75) is 26.8 Å². The number of hydrogen-bond donors (Lipinski definition) is 1. The van der Waals surface area contributed by atoms with Crippen LogP contribution < -0.4 is 5.32 Å². The third kappa shape index (κ3) is 2.95. The van der Waals surface area contributed by atoms with Gasteiger partial charge in [-0.15, -0.1) is 0 Å². The monoisotopic (exact) mass is 270 g/mol. The minimum absolute atomic E-state index is 0.220. The van der Waals surface area contributed by atoms with Crippen molar-refractivity contribution >= 4 is 11.6 Å². The van der Waals surface area contributed by atoms with Crippen molar-refractivity contribution in [3.63, 3.8) is 0 Å². The molecule has 102 valence electrons. The van der Waals surface area contributed by atoms with Gasteiger partial charge in [-0.1, -0.05) is 5.16 Å². The highest BCUT2D eigenvalue weighted by Gasteiger charge is 2.16. The summed E-state index contributed by atoms with van der Waals surface area (Å²) in [5.41, 5.74) is 1.83. The number of aromatic nitrogens is 3.